The second kappa shape index (κ2) is 4.45. The van der Waals surface area contributed by atoms with Gasteiger partial charge in [0.1, 0.15) is 0 Å². The highest BCUT2D eigenvalue weighted by molar-refractivity contribution is 5.95. The Morgan fingerprint density at radius 3 is 2.93 bits per heavy atom. The van der Waals surface area contributed by atoms with Crippen molar-refractivity contribution >= 4 is 11.7 Å². The van der Waals surface area contributed by atoms with Gasteiger partial charge in [0.15, 0.2) is 0 Å². The molecule has 1 heterocycles. The smallest absolute Gasteiger partial charge is 0.340 e. The van der Waals surface area contributed by atoms with Crippen LogP contribution in [0.2, 0.25) is 0 Å². The molecule has 0 aliphatic carbocycles. The molecule has 1 aromatic rings. The minimum atomic E-state index is -0.467. The van der Waals surface area contributed by atoms with E-state index in [-0.39, 0.29) is 11.3 Å². The summed E-state index contributed by atoms with van der Waals surface area (Å²) in [4.78, 5) is 15.2. The van der Waals surface area contributed by atoms with Gasteiger partial charge >= 0.3 is 5.97 Å². The van der Waals surface area contributed by atoms with Crippen LogP contribution in [0.15, 0.2) is 12.3 Å². The third-order valence-corrected chi connectivity index (χ3v) is 1.61. The molecule has 0 aliphatic heterocycles. The molecule has 2 N–H and O–H groups in total. The Bertz CT molecular complexity index is 339. The Kier molecular flexibility index (Phi) is 3.28. The fourth-order valence-electron chi connectivity index (χ4n) is 0.944. The Labute approximate surface area is 81.8 Å². The Morgan fingerprint density at radius 1 is 1.64 bits per heavy atom. The number of nitrogens with zero attached hydrogens (tertiary/aromatic N) is 1. The predicted molar refractivity (Wildman–Crippen MR) is 51.2 cm³/mol. The fourth-order valence-corrected chi connectivity index (χ4v) is 0.944. The molecular weight excluding hydrogens is 184 g/mol. The number of ether oxygens (including phenoxy) is 2. The van der Waals surface area contributed by atoms with E-state index in [1.54, 1.807) is 6.92 Å². The summed E-state index contributed by atoms with van der Waals surface area (Å²) in [6, 6.07) is 1.45. The largest absolute Gasteiger partial charge is 0.481 e. The number of carbonyl (C=O) groups excluding carboxylic acids is 1. The number of pyridine rings is 1. The third-order valence-electron chi connectivity index (χ3n) is 1.61. The lowest BCUT2D eigenvalue weighted by Gasteiger charge is -2.06. The molecule has 0 bridgehead atoms. The van der Waals surface area contributed by atoms with Gasteiger partial charge in [-0.3, -0.25) is 0 Å². The number of nitrogen functional groups attached to an aromatic ring is 1. The molecule has 0 aromatic carbocycles. The zero-order valence-electron chi connectivity index (χ0n) is 8.11. The SMILES string of the molecule is CCOC(=O)c1cc(OC)ncc1N. The maximum absolute atomic E-state index is 11.3. The van der Waals surface area contributed by atoms with Crippen molar-refractivity contribution < 1.29 is 14.3 Å². The quantitative estimate of drug-likeness (QED) is 0.725. The van der Waals surface area contributed by atoms with Gasteiger partial charge in [0.05, 0.1) is 31.2 Å². The number of hydrogen-bond acceptors (Lipinski definition) is 5. The van der Waals surface area contributed by atoms with Crippen molar-refractivity contribution in [2.75, 3.05) is 19.5 Å². The topological polar surface area (TPSA) is 74.4 Å². The monoisotopic (exact) mass is 196 g/mol. The first-order chi connectivity index (χ1) is 6.69. The first-order valence-corrected chi connectivity index (χ1v) is 4.15. The van der Waals surface area contributed by atoms with E-state index in [9.17, 15) is 4.79 Å². The standard InChI is InChI=1S/C9H12N2O3/c1-3-14-9(12)6-4-8(13-2)11-5-7(6)10/h4-5H,3,10H2,1-2H3. The summed E-state index contributed by atoms with van der Waals surface area (Å²) in [5, 5.41) is 0. The first-order valence-electron chi connectivity index (χ1n) is 4.15. The number of anilines is 1. The normalized spacial score (nSPS) is 9.57. The average molecular weight is 196 g/mol. The lowest BCUT2D eigenvalue weighted by molar-refractivity contribution is 0.0527. The number of esters is 1. The van der Waals surface area contributed by atoms with Crippen LogP contribution in [0.5, 0.6) is 5.88 Å². The summed E-state index contributed by atoms with van der Waals surface area (Å²) in [6.45, 7) is 2.04. The first kappa shape index (κ1) is 10.3. The lowest BCUT2D eigenvalue weighted by atomic mass is 10.2. The maximum atomic E-state index is 11.3. The molecule has 0 unspecified atom stereocenters. The number of aromatic nitrogens is 1. The summed E-state index contributed by atoms with van der Waals surface area (Å²) >= 11 is 0. The molecule has 0 aliphatic rings. The van der Waals surface area contributed by atoms with E-state index in [0.29, 0.717) is 12.5 Å². The highest BCUT2D eigenvalue weighted by Gasteiger charge is 2.12. The number of rotatable bonds is 3. The van der Waals surface area contributed by atoms with Crippen molar-refractivity contribution in [1.29, 1.82) is 0 Å². The predicted octanol–water partition coefficient (Wildman–Crippen LogP) is 0.849. The van der Waals surface area contributed by atoms with Crippen LogP contribution in [-0.4, -0.2) is 24.7 Å². The average Bonchev–Trinajstić information content (AvgIpc) is 2.19. The van der Waals surface area contributed by atoms with Crippen molar-refractivity contribution in [1.82, 2.24) is 4.98 Å². The van der Waals surface area contributed by atoms with Crippen LogP contribution >= 0.6 is 0 Å². The van der Waals surface area contributed by atoms with Crippen LogP contribution in [0.25, 0.3) is 0 Å². The number of methoxy groups -OCH3 is 1. The van der Waals surface area contributed by atoms with Crippen LogP contribution < -0.4 is 10.5 Å². The summed E-state index contributed by atoms with van der Waals surface area (Å²) in [6.07, 6.45) is 1.37. The van der Waals surface area contributed by atoms with Crippen molar-refractivity contribution in [3.63, 3.8) is 0 Å². The van der Waals surface area contributed by atoms with Crippen LogP contribution in [0, 0.1) is 0 Å². The highest BCUT2D eigenvalue weighted by Crippen LogP contribution is 2.16. The summed E-state index contributed by atoms with van der Waals surface area (Å²) in [7, 11) is 1.47. The second-order valence-corrected chi connectivity index (χ2v) is 2.53. The van der Waals surface area contributed by atoms with Gasteiger partial charge in [0, 0.05) is 6.07 Å². The minimum absolute atomic E-state index is 0.277. The zero-order valence-corrected chi connectivity index (χ0v) is 8.11. The number of nitrogens with two attached hydrogens (primary N) is 1. The number of hydrogen-bond donors (Lipinski definition) is 1. The molecule has 0 spiro atoms. The van der Waals surface area contributed by atoms with E-state index in [1.165, 1.54) is 19.4 Å². The number of carbonyl (C=O) groups is 1. The molecule has 0 saturated heterocycles. The summed E-state index contributed by atoms with van der Waals surface area (Å²) in [5.41, 5.74) is 6.11. The molecular formula is C9H12N2O3. The summed E-state index contributed by atoms with van der Waals surface area (Å²) < 4.78 is 9.67. The second-order valence-electron chi connectivity index (χ2n) is 2.53. The van der Waals surface area contributed by atoms with Gasteiger partial charge in [0.2, 0.25) is 5.88 Å². The Hall–Kier alpha value is -1.78. The van der Waals surface area contributed by atoms with E-state index < -0.39 is 5.97 Å². The van der Waals surface area contributed by atoms with E-state index in [2.05, 4.69) is 4.98 Å². The van der Waals surface area contributed by atoms with E-state index >= 15 is 0 Å². The van der Waals surface area contributed by atoms with Gasteiger partial charge in [-0.25, -0.2) is 9.78 Å². The van der Waals surface area contributed by atoms with Crippen molar-refractivity contribution in [2.45, 2.75) is 6.92 Å². The van der Waals surface area contributed by atoms with Crippen molar-refractivity contribution in [2.24, 2.45) is 0 Å². The van der Waals surface area contributed by atoms with Crippen molar-refractivity contribution in [3.05, 3.63) is 17.8 Å². The molecule has 0 fully saturated rings. The Morgan fingerprint density at radius 2 is 2.36 bits per heavy atom. The van der Waals surface area contributed by atoms with Crippen LogP contribution in [0.4, 0.5) is 5.69 Å². The maximum Gasteiger partial charge on any atom is 0.340 e. The van der Waals surface area contributed by atoms with Gasteiger partial charge in [0.25, 0.3) is 0 Å². The van der Waals surface area contributed by atoms with Gasteiger partial charge in [-0.1, -0.05) is 0 Å². The minimum Gasteiger partial charge on any atom is -0.481 e. The van der Waals surface area contributed by atoms with E-state index in [4.69, 9.17) is 15.2 Å². The molecule has 14 heavy (non-hydrogen) atoms. The highest BCUT2D eigenvalue weighted by atomic mass is 16.5. The molecule has 1 aromatic heterocycles. The van der Waals surface area contributed by atoms with Crippen LogP contribution in [0.3, 0.4) is 0 Å². The summed E-state index contributed by atoms with van der Waals surface area (Å²) in [5.74, 6) is -0.132. The van der Waals surface area contributed by atoms with E-state index in [0.717, 1.165) is 0 Å². The van der Waals surface area contributed by atoms with Gasteiger partial charge in [-0.15, -0.1) is 0 Å². The molecule has 5 heteroatoms. The Balaban J connectivity index is 2.99. The molecule has 76 valence electrons. The molecule has 0 saturated carbocycles. The van der Waals surface area contributed by atoms with Crippen molar-refractivity contribution in [3.8, 4) is 5.88 Å². The molecule has 5 nitrogen and oxygen atoms in total. The van der Waals surface area contributed by atoms with Gasteiger partial charge in [-0.2, -0.15) is 0 Å². The molecule has 0 amide bonds. The van der Waals surface area contributed by atoms with E-state index in [1.807, 2.05) is 0 Å². The third kappa shape index (κ3) is 2.12. The van der Waals surface area contributed by atoms with Crippen LogP contribution in [-0.2, 0) is 4.74 Å². The van der Waals surface area contributed by atoms with Gasteiger partial charge in [-0.05, 0) is 6.92 Å². The van der Waals surface area contributed by atoms with Gasteiger partial charge < -0.3 is 15.2 Å². The van der Waals surface area contributed by atoms with Crippen LogP contribution in [0.1, 0.15) is 17.3 Å². The fraction of sp³-hybridized carbons (Fsp3) is 0.333. The lowest BCUT2D eigenvalue weighted by Crippen LogP contribution is -2.08. The molecule has 0 atom stereocenters. The molecule has 1 rings (SSSR count). The molecule has 0 radical (unpaired) electrons. The zero-order chi connectivity index (χ0) is 10.6.